The fraction of sp³-hybridized carbons (Fsp3) is 0.722. The average molecular weight is 286 g/mol. The minimum atomic E-state index is 0.295. The molecule has 3 nitrogen and oxygen atoms in total. The molecule has 3 heteroatoms. The average Bonchev–Trinajstić information content (AvgIpc) is 3.20. The second-order valence-electron chi connectivity index (χ2n) is 7.12. The Morgan fingerprint density at radius 2 is 1.81 bits per heavy atom. The minimum Gasteiger partial charge on any atom is -0.310 e. The minimum absolute atomic E-state index is 0.295. The lowest BCUT2D eigenvalue weighted by molar-refractivity contribution is 0.514. The van der Waals surface area contributed by atoms with Crippen molar-refractivity contribution in [3.8, 4) is 0 Å². The van der Waals surface area contributed by atoms with E-state index in [2.05, 4.69) is 16.0 Å². The first-order valence-corrected chi connectivity index (χ1v) is 8.82. The summed E-state index contributed by atoms with van der Waals surface area (Å²) >= 11 is 0. The van der Waals surface area contributed by atoms with Crippen LogP contribution in [0.15, 0.2) is 10.9 Å². The molecule has 21 heavy (non-hydrogen) atoms. The summed E-state index contributed by atoms with van der Waals surface area (Å²) in [5, 5.41) is 3.62. The van der Waals surface area contributed by atoms with Gasteiger partial charge in [0, 0.05) is 29.9 Å². The molecule has 114 valence electrons. The van der Waals surface area contributed by atoms with Crippen LogP contribution in [-0.2, 0) is 19.4 Å². The molecule has 0 aliphatic heterocycles. The standard InChI is InChI=1S/C18H26N2O/c21-18-14(12-19-15-6-2-3-7-15)11-13-5-1-4-8-17(13)20(18)16-9-10-16/h11,15-16,19H,1-10,12H2. The molecule has 0 unspecified atom stereocenters. The highest BCUT2D eigenvalue weighted by Crippen LogP contribution is 2.36. The van der Waals surface area contributed by atoms with E-state index in [9.17, 15) is 4.79 Å². The number of fused-ring (bicyclic) bond motifs is 1. The van der Waals surface area contributed by atoms with E-state index in [0.717, 1.165) is 18.5 Å². The van der Waals surface area contributed by atoms with E-state index in [1.807, 2.05) is 0 Å². The number of aromatic nitrogens is 1. The molecule has 1 aromatic rings. The molecule has 2 fully saturated rings. The lowest BCUT2D eigenvalue weighted by Gasteiger charge is -2.23. The van der Waals surface area contributed by atoms with Crippen molar-refractivity contribution < 1.29 is 0 Å². The summed E-state index contributed by atoms with van der Waals surface area (Å²) in [4.78, 5) is 12.9. The predicted molar refractivity (Wildman–Crippen MR) is 84.7 cm³/mol. The monoisotopic (exact) mass is 286 g/mol. The highest BCUT2D eigenvalue weighted by Gasteiger charge is 2.29. The third-order valence-electron chi connectivity index (χ3n) is 5.46. The highest BCUT2D eigenvalue weighted by molar-refractivity contribution is 5.30. The number of nitrogens with one attached hydrogen (secondary N) is 1. The van der Waals surface area contributed by atoms with Crippen molar-refractivity contribution in [3.05, 3.63) is 33.2 Å². The zero-order valence-electron chi connectivity index (χ0n) is 12.9. The summed E-state index contributed by atoms with van der Waals surface area (Å²) in [5.74, 6) is 0. The van der Waals surface area contributed by atoms with Gasteiger partial charge >= 0.3 is 0 Å². The third-order valence-corrected chi connectivity index (χ3v) is 5.46. The quantitative estimate of drug-likeness (QED) is 0.923. The predicted octanol–water partition coefficient (Wildman–Crippen LogP) is 3.09. The van der Waals surface area contributed by atoms with Crippen LogP contribution in [0.3, 0.4) is 0 Å². The number of hydrogen-bond donors (Lipinski definition) is 1. The van der Waals surface area contributed by atoms with Crippen LogP contribution >= 0.6 is 0 Å². The van der Waals surface area contributed by atoms with E-state index < -0.39 is 0 Å². The van der Waals surface area contributed by atoms with Crippen molar-refractivity contribution in [2.24, 2.45) is 0 Å². The van der Waals surface area contributed by atoms with Gasteiger partial charge in [0.1, 0.15) is 0 Å². The van der Waals surface area contributed by atoms with Gasteiger partial charge in [-0.3, -0.25) is 4.79 Å². The van der Waals surface area contributed by atoms with Crippen molar-refractivity contribution >= 4 is 0 Å². The number of nitrogens with zero attached hydrogens (tertiary/aromatic N) is 1. The first-order valence-electron chi connectivity index (χ1n) is 8.82. The summed E-state index contributed by atoms with van der Waals surface area (Å²) in [6.07, 6.45) is 12.4. The molecule has 0 atom stereocenters. The second kappa shape index (κ2) is 5.60. The van der Waals surface area contributed by atoms with Gasteiger partial charge in [-0.15, -0.1) is 0 Å². The normalized spacial score (nSPS) is 22.5. The Morgan fingerprint density at radius 3 is 2.57 bits per heavy atom. The molecule has 4 rings (SSSR count). The van der Waals surface area contributed by atoms with E-state index in [-0.39, 0.29) is 0 Å². The summed E-state index contributed by atoms with van der Waals surface area (Å²) in [6.45, 7) is 0.767. The third kappa shape index (κ3) is 2.68. The Kier molecular flexibility index (Phi) is 3.62. The number of pyridine rings is 1. The van der Waals surface area contributed by atoms with Gasteiger partial charge in [-0.25, -0.2) is 0 Å². The molecule has 0 bridgehead atoms. The fourth-order valence-electron chi connectivity index (χ4n) is 4.12. The molecular formula is C18H26N2O. The van der Waals surface area contributed by atoms with Gasteiger partial charge in [-0.1, -0.05) is 12.8 Å². The smallest absolute Gasteiger partial charge is 0.255 e. The first-order chi connectivity index (χ1) is 10.3. The lowest BCUT2D eigenvalue weighted by Crippen LogP contribution is -2.33. The fourth-order valence-corrected chi connectivity index (χ4v) is 4.12. The molecule has 3 aliphatic carbocycles. The summed E-state index contributed by atoms with van der Waals surface area (Å²) in [6, 6.07) is 3.36. The van der Waals surface area contributed by atoms with E-state index >= 15 is 0 Å². The molecule has 1 aromatic heterocycles. The van der Waals surface area contributed by atoms with Crippen LogP contribution < -0.4 is 10.9 Å². The Morgan fingerprint density at radius 1 is 1.05 bits per heavy atom. The maximum absolute atomic E-state index is 12.9. The van der Waals surface area contributed by atoms with Crippen LogP contribution in [0.1, 0.15) is 74.2 Å². The van der Waals surface area contributed by atoms with Gasteiger partial charge in [-0.05, 0) is 63.0 Å². The Balaban J connectivity index is 1.63. The molecular weight excluding hydrogens is 260 g/mol. The van der Waals surface area contributed by atoms with E-state index in [1.54, 1.807) is 0 Å². The Hall–Kier alpha value is -1.09. The number of aryl methyl sites for hydroxylation is 1. The molecule has 0 amide bonds. The van der Waals surface area contributed by atoms with Gasteiger partial charge in [0.2, 0.25) is 0 Å². The molecule has 1 heterocycles. The van der Waals surface area contributed by atoms with Gasteiger partial charge in [-0.2, -0.15) is 0 Å². The summed E-state index contributed by atoms with van der Waals surface area (Å²) in [7, 11) is 0. The van der Waals surface area contributed by atoms with Crippen molar-refractivity contribution in [1.29, 1.82) is 0 Å². The molecule has 0 spiro atoms. The van der Waals surface area contributed by atoms with E-state index in [0.29, 0.717) is 17.6 Å². The topological polar surface area (TPSA) is 34.0 Å². The Labute approximate surface area is 126 Å². The van der Waals surface area contributed by atoms with Crippen molar-refractivity contribution in [2.75, 3.05) is 0 Å². The van der Waals surface area contributed by atoms with Crippen molar-refractivity contribution in [2.45, 2.75) is 82.8 Å². The maximum atomic E-state index is 12.9. The molecule has 3 aliphatic rings. The zero-order valence-corrected chi connectivity index (χ0v) is 12.9. The van der Waals surface area contributed by atoms with Crippen LogP contribution in [-0.4, -0.2) is 10.6 Å². The van der Waals surface area contributed by atoms with E-state index in [4.69, 9.17) is 0 Å². The molecule has 2 saturated carbocycles. The van der Waals surface area contributed by atoms with Crippen LogP contribution in [0.2, 0.25) is 0 Å². The van der Waals surface area contributed by atoms with Gasteiger partial charge in [0.05, 0.1) is 0 Å². The summed E-state index contributed by atoms with van der Waals surface area (Å²) < 4.78 is 2.17. The zero-order chi connectivity index (χ0) is 14.2. The van der Waals surface area contributed by atoms with Gasteiger partial charge in [0.25, 0.3) is 5.56 Å². The SMILES string of the molecule is O=c1c(CNC2CCCC2)cc2c(n1C1CC1)CCCC2. The molecule has 0 radical (unpaired) electrons. The van der Waals surface area contributed by atoms with Crippen LogP contribution in [0, 0.1) is 0 Å². The van der Waals surface area contributed by atoms with Gasteiger partial charge < -0.3 is 9.88 Å². The van der Waals surface area contributed by atoms with Crippen molar-refractivity contribution in [3.63, 3.8) is 0 Å². The maximum Gasteiger partial charge on any atom is 0.255 e. The molecule has 0 saturated heterocycles. The van der Waals surface area contributed by atoms with Crippen LogP contribution in [0.25, 0.3) is 0 Å². The van der Waals surface area contributed by atoms with Crippen molar-refractivity contribution in [1.82, 2.24) is 9.88 Å². The van der Waals surface area contributed by atoms with Gasteiger partial charge in [0.15, 0.2) is 0 Å². The Bertz CT molecular complexity index is 580. The first kappa shape index (κ1) is 13.6. The van der Waals surface area contributed by atoms with Crippen LogP contribution in [0.5, 0.6) is 0 Å². The number of rotatable bonds is 4. The highest BCUT2D eigenvalue weighted by atomic mass is 16.1. The molecule has 0 aromatic carbocycles. The number of hydrogen-bond acceptors (Lipinski definition) is 2. The van der Waals surface area contributed by atoms with Crippen LogP contribution in [0.4, 0.5) is 0 Å². The summed E-state index contributed by atoms with van der Waals surface area (Å²) in [5.41, 5.74) is 4.12. The van der Waals surface area contributed by atoms with E-state index in [1.165, 1.54) is 69.0 Å². The lowest BCUT2D eigenvalue weighted by atomic mass is 9.94. The molecule has 1 N–H and O–H groups in total. The second-order valence-corrected chi connectivity index (χ2v) is 7.12. The largest absolute Gasteiger partial charge is 0.310 e.